The van der Waals surface area contributed by atoms with Crippen molar-refractivity contribution in [2.24, 2.45) is 4.99 Å². The van der Waals surface area contributed by atoms with Crippen LogP contribution in [0.4, 0.5) is 0 Å². The van der Waals surface area contributed by atoms with Gasteiger partial charge in [-0.3, -0.25) is 9.59 Å². The minimum absolute atomic E-state index is 0.0189. The largest absolute Gasteiger partial charge is 0.478 e. The molecule has 0 bridgehead atoms. The van der Waals surface area contributed by atoms with Crippen molar-refractivity contribution in [2.45, 2.75) is 63.3 Å². The van der Waals surface area contributed by atoms with Crippen LogP contribution in [0, 0.1) is 22.7 Å². The molecule has 6 rings (SSSR count). The molecule has 296 valence electrons. The monoisotopic (exact) mass is 809 g/mol. The van der Waals surface area contributed by atoms with Gasteiger partial charge in [-0.1, -0.05) is 78.3 Å². The van der Waals surface area contributed by atoms with E-state index in [0.717, 1.165) is 64.6 Å². The second kappa shape index (κ2) is 20.3. The number of carbonyl (C=O) groups excluding carboxylic acids is 2. The SMILES string of the molecule is C=C(Cl)/C=C(/CNC[C@@H]1CCC(=O)N1)C(=NCO[C@H]1CCc2c(-c3cccc(-c4ccc(CNC[C@@H]5CCC(=O)N5)c(OCC#N)c4)c3Cl)cccc21)OCC#N. The molecule has 12 nitrogen and oxygen atoms in total. The molecule has 0 saturated carbocycles. The van der Waals surface area contributed by atoms with Crippen molar-refractivity contribution in [3.63, 3.8) is 0 Å². The van der Waals surface area contributed by atoms with Crippen LogP contribution >= 0.6 is 23.2 Å². The number of nitriles is 2. The lowest BCUT2D eigenvalue weighted by Crippen LogP contribution is -2.37. The molecule has 0 spiro atoms. The fourth-order valence-corrected chi connectivity index (χ4v) is 7.91. The number of nitrogens with one attached hydrogen (secondary N) is 4. The van der Waals surface area contributed by atoms with E-state index in [1.807, 2.05) is 48.5 Å². The van der Waals surface area contributed by atoms with Gasteiger partial charge in [-0.25, -0.2) is 4.99 Å². The number of aliphatic imine (C=N–C) groups is 1. The van der Waals surface area contributed by atoms with E-state index in [0.29, 0.717) is 55.4 Å². The standard InChI is InChI=1S/C43H45Cl2N7O5/c1-27(44)20-30(23-49-25-32-11-15-41(54)52-32)43(56-19-17-47)50-26-57-38-13-12-35-34(5-3-6-36(35)38)37-7-2-4-33(42(37)45)28-8-9-29(39(21-28)55-18-16-46)22-48-24-31-10-14-40(53)51-31/h2-9,20-21,31-32,38,48-49H,1,10-15,18-19,22-26H2,(H,51,53)(H,52,54)/b30-20-,50-43?/t31-,32-,38-/m0/s1. The van der Waals surface area contributed by atoms with Crippen LogP contribution in [-0.2, 0) is 32.0 Å². The van der Waals surface area contributed by atoms with E-state index in [1.165, 1.54) is 0 Å². The second-order valence-electron chi connectivity index (χ2n) is 14.0. The van der Waals surface area contributed by atoms with E-state index < -0.39 is 0 Å². The fraction of sp³-hybridized carbons (Fsp3) is 0.372. The molecule has 2 heterocycles. The zero-order valence-corrected chi connectivity index (χ0v) is 33.1. The Morgan fingerprint density at radius 2 is 1.61 bits per heavy atom. The molecule has 2 saturated heterocycles. The van der Waals surface area contributed by atoms with Gasteiger partial charge in [0.25, 0.3) is 0 Å². The van der Waals surface area contributed by atoms with Crippen LogP contribution in [0.15, 0.2) is 82.9 Å². The number of allylic oxidation sites excluding steroid dienone is 2. The van der Waals surface area contributed by atoms with E-state index in [2.05, 4.69) is 51.0 Å². The number of benzene rings is 3. The Labute approximate surface area is 342 Å². The van der Waals surface area contributed by atoms with Crippen LogP contribution in [0.3, 0.4) is 0 Å². The highest BCUT2D eigenvalue weighted by atomic mass is 35.5. The van der Waals surface area contributed by atoms with Gasteiger partial charge in [0.2, 0.25) is 17.7 Å². The van der Waals surface area contributed by atoms with Crippen molar-refractivity contribution in [2.75, 3.05) is 39.6 Å². The van der Waals surface area contributed by atoms with E-state index in [9.17, 15) is 20.1 Å². The molecule has 0 radical (unpaired) electrons. The van der Waals surface area contributed by atoms with Crippen LogP contribution in [0.2, 0.25) is 5.02 Å². The smallest absolute Gasteiger partial charge is 0.220 e. The summed E-state index contributed by atoms with van der Waals surface area (Å²) in [7, 11) is 0. The fourth-order valence-electron chi connectivity index (χ4n) is 7.44. The number of ether oxygens (including phenoxy) is 3. The Morgan fingerprint density at radius 3 is 2.32 bits per heavy atom. The summed E-state index contributed by atoms with van der Waals surface area (Å²) < 4.78 is 17.9. The molecule has 2 fully saturated rings. The molecule has 2 aliphatic heterocycles. The number of nitrogens with zero attached hydrogens (tertiary/aromatic N) is 3. The van der Waals surface area contributed by atoms with E-state index in [4.69, 9.17) is 37.4 Å². The summed E-state index contributed by atoms with van der Waals surface area (Å²) >= 11 is 13.4. The summed E-state index contributed by atoms with van der Waals surface area (Å²) in [6, 6.07) is 22.2. The molecule has 0 aromatic heterocycles. The lowest BCUT2D eigenvalue weighted by Gasteiger charge is -2.17. The predicted molar refractivity (Wildman–Crippen MR) is 219 cm³/mol. The van der Waals surface area contributed by atoms with Crippen LogP contribution in [0.25, 0.3) is 22.3 Å². The molecule has 3 aromatic carbocycles. The minimum atomic E-state index is -0.228. The van der Waals surface area contributed by atoms with Crippen LogP contribution in [0.1, 0.15) is 54.9 Å². The minimum Gasteiger partial charge on any atom is -0.478 e. The Hall–Kier alpha value is -5.21. The van der Waals surface area contributed by atoms with Gasteiger partial charge in [-0.2, -0.15) is 10.5 Å². The second-order valence-corrected chi connectivity index (χ2v) is 14.9. The van der Waals surface area contributed by atoms with Crippen molar-refractivity contribution in [3.8, 4) is 40.1 Å². The highest BCUT2D eigenvalue weighted by molar-refractivity contribution is 6.36. The lowest BCUT2D eigenvalue weighted by molar-refractivity contribution is -0.120. The van der Waals surface area contributed by atoms with Crippen molar-refractivity contribution >= 4 is 40.9 Å². The van der Waals surface area contributed by atoms with Gasteiger partial charge in [0.1, 0.15) is 24.6 Å². The maximum absolute atomic E-state index is 11.6. The molecule has 57 heavy (non-hydrogen) atoms. The lowest BCUT2D eigenvalue weighted by atomic mass is 9.93. The van der Waals surface area contributed by atoms with Gasteiger partial charge >= 0.3 is 0 Å². The van der Waals surface area contributed by atoms with Crippen molar-refractivity contribution in [1.82, 2.24) is 21.3 Å². The average Bonchev–Trinajstić information content (AvgIpc) is 3.94. The highest BCUT2D eigenvalue weighted by Crippen LogP contribution is 2.44. The molecular formula is C43H45Cl2N7O5. The third kappa shape index (κ3) is 11.0. The van der Waals surface area contributed by atoms with E-state index in [1.54, 1.807) is 6.08 Å². The molecule has 4 N–H and O–H groups in total. The number of carbonyl (C=O) groups is 2. The number of halogens is 2. The zero-order valence-electron chi connectivity index (χ0n) is 31.5. The maximum Gasteiger partial charge on any atom is 0.220 e. The topological polar surface area (TPSA) is 170 Å². The third-order valence-electron chi connectivity index (χ3n) is 10.1. The van der Waals surface area contributed by atoms with Crippen LogP contribution < -0.4 is 26.0 Å². The third-order valence-corrected chi connectivity index (χ3v) is 10.6. The Balaban J connectivity index is 1.16. The Kier molecular flexibility index (Phi) is 14.7. The van der Waals surface area contributed by atoms with Gasteiger partial charge in [0.15, 0.2) is 13.2 Å². The van der Waals surface area contributed by atoms with Gasteiger partial charge in [-0.05, 0) is 60.1 Å². The summed E-state index contributed by atoms with van der Waals surface area (Å²) in [5, 5.41) is 32.0. The first-order valence-electron chi connectivity index (χ1n) is 19.0. The van der Waals surface area contributed by atoms with E-state index in [-0.39, 0.29) is 60.9 Å². The Bertz CT molecular complexity index is 2120. The Morgan fingerprint density at radius 1 is 0.912 bits per heavy atom. The average molecular weight is 811 g/mol. The van der Waals surface area contributed by atoms with Gasteiger partial charge in [0, 0.05) is 78.4 Å². The van der Waals surface area contributed by atoms with Gasteiger partial charge in [-0.15, -0.1) is 0 Å². The maximum atomic E-state index is 11.6. The van der Waals surface area contributed by atoms with Crippen LogP contribution in [-0.4, -0.2) is 69.4 Å². The predicted octanol–water partition coefficient (Wildman–Crippen LogP) is 6.39. The summed E-state index contributed by atoms with van der Waals surface area (Å²) in [4.78, 5) is 27.8. The molecule has 14 heteroatoms. The first-order valence-corrected chi connectivity index (χ1v) is 19.7. The number of hydrogen-bond acceptors (Lipinski definition) is 10. The molecule has 0 unspecified atom stereocenters. The molecule has 3 atom stereocenters. The molecule has 1 aliphatic carbocycles. The van der Waals surface area contributed by atoms with Crippen molar-refractivity contribution in [1.29, 1.82) is 10.5 Å². The molecular weight excluding hydrogens is 765 g/mol. The summed E-state index contributed by atoms with van der Waals surface area (Å²) in [6.07, 6.45) is 5.54. The normalized spacial score (nSPS) is 19.1. The number of rotatable bonds is 18. The zero-order chi connectivity index (χ0) is 40.1. The summed E-state index contributed by atoms with van der Waals surface area (Å²) in [5.74, 6) is 0.931. The van der Waals surface area contributed by atoms with Crippen molar-refractivity contribution < 1.29 is 23.8 Å². The van der Waals surface area contributed by atoms with Crippen molar-refractivity contribution in [3.05, 3.63) is 99.6 Å². The first-order chi connectivity index (χ1) is 27.7. The van der Waals surface area contributed by atoms with Gasteiger partial charge in [0.05, 0.1) is 11.1 Å². The molecule has 3 aliphatic rings. The molecule has 3 aromatic rings. The summed E-state index contributed by atoms with van der Waals surface area (Å²) in [6.45, 7) is 5.50. The van der Waals surface area contributed by atoms with Crippen LogP contribution in [0.5, 0.6) is 5.75 Å². The quantitative estimate of drug-likeness (QED) is 0.0646. The first kappa shape index (κ1) is 41.4. The van der Waals surface area contributed by atoms with Gasteiger partial charge < -0.3 is 35.5 Å². The summed E-state index contributed by atoms with van der Waals surface area (Å²) in [5.41, 5.74) is 7.29. The number of hydrogen-bond donors (Lipinski definition) is 4. The molecule has 2 amide bonds. The van der Waals surface area contributed by atoms with E-state index >= 15 is 0 Å². The number of amides is 2. The number of fused-ring (bicyclic) bond motifs is 1. The highest BCUT2D eigenvalue weighted by Gasteiger charge is 2.27.